The maximum atomic E-state index is 6.04. The van der Waals surface area contributed by atoms with Crippen LogP contribution in [0, 0.1) is 0 Å². The van der Waals surface area contributed by atoms with E-state index < -0.39 is 6.04 Å². The molecule has 0 saturated heterocycles. The number of rotatable bonds is 2. The number of hydrogen-bond donors (Lipinski definition) is 2. The highest BCUT2D eigenvalue weighted by Crippen LogP contribution is 2.25. The molecule has 0 radical (unpaired) electrons. The van der Waals surface area contributed by atoms with Crippen molar-refractivity contribution in [2.75, 3.05) is 11.9 Å². The predicted octanol–water partition coefficient (Wildman–Crippen LogP) is 0.130. The van der Waals surface area contributed by atoms with E-state index in [4.69, 9.17) is 10.2 Å². The molecule has 0 spiro atoms. The topological polar surface area (TPSA) is 94.8 Å². The third-order valence-electron chi connectivity index (χ3n) is 2.65. The molecule has 0 saturated carbocycles. The molecule has 0 bridgehead atoms. The summed E-state index contributed by atoms with van der Waals surface area (Å²) in [7, 11) is 0. The van der Waals surface area contributed by atoms with Gasteiger partial charge in [-0.15, -0.1) is 5.10 Å². The molecule has 1 atom stereocenters. The summed E-state index contributed by atoms with van der Waals surface area (Å²) in [4.78, 5) is 3.84. The second-order valence-electron chi connectivity index (χ2n) is 3.71. The van der Waals surface area contributed by atoms with Gasteiger partial charge in [0, 0.05) is 13.1 Å². The van der Waals surface area contributed by atoms with Crippen LogP contribution in [0.4, 0.5) is 5.82 Å². The lowest BCUT2D eigenvalue weighted by Crippen LogP contribution is -2.20. The van der Waals surface area contributed by atoms with Crippen LogP contribution in [0.5, 0.6) is 0 Å². The van der Waals surface area contributed by atoms with Gasteiger partial charge >= 0.3 is 0 Å². The van der Waals surface area contributed by atoms with Crippen molar-refractivity contribution in [3.05, 3.63) is 24.0 Å². The van der Waals surface area contributed by atoms with Crippen LogP contribution in [0.3, 0.4) is 0 Å². The minimum absolute atomic E-state index is 0.420. The zero-order valence-electron chi connectivity index (χ0n) is 8.63. The molecular weight excluding hydrogens is 208 g/mol. The third kappa shape index (κ3) is 1.36. The van der Waals surface area contributed by atoms with E-state index in [2.05, 4.69) is 20.6 Å². The summed E-state index contributed by atoms with van der Waals surface area (Å²) in [5.41, 5.74) is 6.74. The van der Waals surface area contributed by atoms with Gasteiger partial charge in [-0.25, -0.2) is 9.67 Å². The zero-order valence-corrected chi connectivity index (χ0v) is 8.63. The number of oxazole rings is 1. The van der Waals surface area contributed by atoms with E-state index in [-0.39, 0.29) is 0 Å². The summed E-state index contributed by atoms with van der Waals surface area (Å²) in [6.07, 6.45) is 4.01. The number of aryl methyl sites for hydroxylation is 1. The first kappa shape index (κ1) is 9.34. The standard InChI is InChI=1S/C9H12N6O/c10-7(6-4-11-5-16-6)8-9-12-2-1-3-15(9)14-13-8/h4-5,7,12H,1-3,10H2. The Morgan fingerprint density at radius 3 is 3.31 bits per heavy atom. The average molecular weight is 220 g/mol. The van der Waals surface area contributed by atoms with Crippen molar-refractivity contribution < 1.29 is 4.42 Å². The van der Waals surface area contributed by atoms with Crippen molar-refractivity contribution in [1.82, 2.24) is 20.0 Å². The molecule has 0 amide bonds. The fraction of sp³-hybridized carbons (Fsp3) is 0.444. The third-order valence-corrected chi connectivity index (χ3v) is 2.65. The Kier molecular flexibility index (Phi) is 2.10. The number of nitrogens with zero attached hydrogens (tertiary/aromatic N) is 4. The molecule has 7 nitrogen and oxygen atoms in total. The molecule has 3 heterocycles. The summed E-state index contributed by atoms with van der Waals surface area (Å²) < 4.78 is 7.00. The van der Waals surface area contributed by atoms with E-state index in [0.29, 0.717) is 11.5 Å². The number of nitrogens with two attached hydrogens (primary N) is 1. The zero-order chi connectivity index (χ0) is 11.0. The SMILES string of the molecule is NC(c1cnco1)c1nnn2c1NCCC2. The Morgan fingerprint density at radius 2 is 2.50 bits per heavy atom. The molecule has 2 aromatic rings. The van der Waals surface area contributed by atoms with Gasteiger partial charge in [-0.3, -0.25) is 0 Å². The molecule has 84 valence electrons. The predicted molar refractivity (Wildman–Crippen MR) is 55.7 cm³/mol. The summed E-state index contributed by atoms with van der Waals surface area (Å²) >= 11 is 0. The first-order valence-corrected chi connectivity index (χ1v) is 5.17. The Bertz CT molecular complexity index is 476. The maximum absolute atomic E-state index is 6.04. The Balaban J connectivity index is 1.97. The van der Waals surface area contributed by atoms with Gasteiger partial charge in [-0.1, -0.05) is 5.21 Å². The van der Waals surface area contributed by atoms with Gasteiger partial charge in [0.15, 0.2) is 6.39 Å². The van der Waals surface area contributed by atoms with Gasteiger partial charge in [0.1, 0.15) is 23.3 Å². The molecule has 16 heavy (non-hydrogen) atoms. The minimum atomic E-state index is -0.420. The van der Waals surface area contributed by atoms with Gasteiger partial charge in [-0.2, -0.15) is 0 Å². The van der Waals surface area contributed by atoms with Gasteiger partial charge in [0.25, 0.3) is 0 Å². The summed E-state index contributed by atoms with van der Waals surface area (Å²) in [6, 6.07) is -0.420. The molecular formula is C9H12N6O. The van der Waals surface area contributed by atoms with Gasteiger partial charge < -0.3 is 15.5 Å². The minimum Gasteiger partial charge on any atom is -0.446 e. The highest BCUT2D eigenvalue weighted by molar-refractivity contribution is 5.44. The molecule has 3 N–H and O–H groups in total. The molecule has 1 aliphatic heterocycles. The first-order valence-electron chi connectivity index (χ1n) is 5.17. The number of fused-ring (bicyclic) bond motifs is 1. The molecule has 0 aliphatic carbocycles. The van der Waals surface area contributed by atoms with E-state index >= 15 is 0 Å². The van der Waals surface area contributed by atoms with Crippen molar-refractivity contribution in [2.24, 2.45) is 5.73 Å². The lowest BCUT2D eigenvalue weighted by molar-refractivity contribution is 0.482. The summed E-state index contributed by atoms with van der Waals surface area (Å²) in [6.45, 7) is 1.79. The second kappa shape index (κ2) is 3.60. The van der Waals surface area contributed by atoms with Crippen LogP contribution < -0.4 is 11.1 Å². The maximum Gasteiger partial charge on any atom is 0.180 e. The van der Waals surface area contributed by atoms with Gasteiger partial charge in [-0.05, 0) is 6.42 Å². The summed E-state index contributed by atoms with van der Waals surface area (Å²) in [5, 5.41) is 11.4. The molecule has 0 aromatic carbocycles. The summed E-state index contributed by atoms with van der Waals surface area (Å²) in [5.74, 6) is 1.48. The molecule has 7 heteroatoms. The highest BCUT2D eigenvalue weighted by atomic mass is 16.3. The molecule has 1 unspecified atom stereocenters. The number of anilines is 1. The lowest BCUT2D eigenvalue weighted by atomic mass is 10.1. The lowest BCUT2D eigenvalue weighted by Gasteiger charge is -2.16. The number of aromatic nitrogens is 4. The van der Waals surface area contributed by atoms with Crippen molar-refractivity contribution in [1.29, 1.82) is 0 Å². The quantitative estimate of drug-likeness (QED) is 0.747. The number of hydrogen-bond acceptors (Lipinski definition) is 6. The van der Waals surface area contributed by atoms with Crippen molar-refractivity contribution in [3.63, 3.8) is 0 Å². The van der Waals surface area contributed by atoms with E-state index in [1.807, 2.05) is 4.68 Å². The smallest absolute Gasteiger partial charge is 0.180 e. The van der Waals surface area contributed by atoms with Crippen LogP contribution in [0.1, 0.15) is 23.9 Å². The van der Waals surface area contributed by atoms with Crippen LogP contribution in [0.25, 0.3) is 0 Å². The number of nitrogens with one attached hydrogen (secondary N) is 1. The monoisotopic (exact) mass is 220 g/mol. The van der Waals surface area contributed by atoms with E-state index in [1.54, 1.807) is 6.20 Å². The van der Waals surface area contributed by atoms with Crippen LogP contribution in [-0.2, 0) is 6.54 Å². The second-order valence-corrected chi connectivity index (χ2v) is 3.71. The van der Waals surface area contributed by atoms with Crippen molar-refractivity contribution >= 4 is 5.82 Å². The highest BCUT2D eigenvalue weighted by Gasteiger charge is 2.23. The van der Waals surface area contributed by atoms with Gasteiger partial charge in [0.05, 0.1) is 6.20 Å². The van der Waals surface area contributed by atoms with Crippen molar-refractivity contribution in [2.45, 2.75) is 19.0 Å². The van der Waals surface area contributed by atoms with Crippen LogP contribution in [0.2, 0.25) is 0 Å². The average Bonchev–Trinajstić information content (AvgIpc) is 2.98. The normalized spacial score (nSPS) is 16.6. The van der Waals surface area contributed by atoms with Crippen LogP contribution in [-0.4, -0.2) is 26.5 Å². The fourth-order valence-corrected chi connectivity index (χ4v) is 1.82. The molecule has 1 aliphatic rings. The van der Waals surface area contributed by atoms with Crippen LogP contribution >= 0.6 is 0 Å². The van der Waals surface area contributed by atoms with Gasteiger partial charge in [0.2, 0.25) is 0 Å². The Labute approximate surface area is 91.6 Å². The Morgan fingerprint density at radius 1 is 1.56 bits per heavy atom. The molecule has 3 rings (SSSR count). The fourth-order valence-electron chi connectivity index (χ4n) is 1.82. The first-order chi connectivity index (χ1) is 7.86. The van der Waals surface area contributed by atoms with Crippen molar-refractivity contribution in [3.8, 4) is 0 Å². The van der Waals surface area contributed by atoms with E-state index in [9.17, 15) is 0 Å². The van der Waals surface area contributed by atoms with Crippen LogP contribution in [0.15, 0.2) is 17.0 Å². The Hall–Kier alpha value is -1.89. The van der Waals surface area contributed by atoms with E-state index in [1.165, 1.54) is 6.39 Å². The molecule has 0 fully saturated rings. The molecule has 2 aromatic heterocycles. The van der Waals surface area contributed by atoms with E-state index in [0.717, 1.165) is 25.3 Å². The largest absolute Gasteiger partial charge is 0.446 e.